The second kappa shape index (κ2) is 7.86. The molecule has 0 atom stereocenters. The number of benzene rings is 1. The third-order valence-corrected chi connectivity index (χ3v) is 4.34. The second-order valence-corrected chi connectivity index (χ2v) is 6.05. The summed E-state index contributed by atoms with van der Waals surface area (Å²) in [6.07, 6.45) is 5.99. The van der Waals surface area contributed by atoms with Gasteiger partial charge in [0.15, 0.2) is 0 Å². The molecule has 2 aromatic rings. The number of unbranched alkanes of at least 4 members (excludes halogenated alkanes) is 2. The third-order valence-electron chi connectivity index (χ3n) is 4.34. The van der Waals surface area contributed by atoms with E-state index in [-0.39, 0.29) is 5.75 Å². The summed E-state index contributed by atoms with van der Waals surface area (Å²) in [7, 11) is 0. The van der Waals surface area contributed by atoms with Crippen LogP contribution in [0.5, 0.6) is 5.75 Å². The number of hydrogen-bond donors (Lipinski definition) is 2. The third kappa shape index (κ3) is 3.53. The number of primary amides is 1. The van der Waals surface area contributed by atoms with Crippen molar-refractivity contribution in [3.63, 3.8) is 0 Å². The molecule has 4 nitrogen and oxygen atoms in total. The van der Waals surface area contributed by atoms with Gasteiger partial charge >= 0.3 is 0 Å². The minimum Gasteiger partial charge on any atom is -0.508 e. The first-order valence-electron chi connectivity index (χ1n) is 8.43. The smallest absolute Gasteiger partial charge is 0.251 e. The van der Waals surface area contributed by atoms with Crippen molar-refractivity contribution in [2.24, 2.45) is 5.73 Å². The number of allylic oxidation sites excluding steroid dienone is 1. The van der Waals surface area contributed by atoms with Crippen LogP contribution < -0.4 is 5.73 Å². The zero-order chi connectivity index (χ0) is 17.7. The summed E-state index contributed by atoms with van der Waals surface area (Å²) in [6.45, 7) is 8.54. The molecule has 0 spiro atoms. The van der Waals surface area contributed by atoms with Crippen LogP contribution in [0, 0.1) is 6.92 Å². The molecule has 0 saturated heterocycles. The number of carbonyl (C=O) groups is 1. The number of carbonyl (C=O) groups excluding carboxylic acids is 1. The molecule has 1 heterocycles. The highest BCUT2D eigenvalue weighted by Gasteiger charge is 2.24. The van der Waals surface area contributed by atoms with E-state index in [9.17, 15) is 9.90 Å². The summed E-state index contributed by atoms with van der Waals surface area (Å²) < 4.78 is 2.11. The molecule has 1 aromatic carbocycles. The van der Waals surface area contributed by atoms with Crippen LogP contribution >= 0.6 is 0 Å². The van der Waals surface area contributed by atoms with Crippen LogP contribution in [0.1, 0.15) is 47.9 Å². The van der Waals surface area contributed by atoms with Gasteiger partial charge in [0.05, 0.1) is 5.56 Å². The maximum atomic E-state index is 12.1. The highest BCUT2D eigenvalue weighted by molar-refractivity contribution is 6.02. The van der Waals surface area contributed by atoms with E-state index in [1.807, 2.05) is 19.1 Å². The molecule has 1 amide bonds. The largest absolute Gasteiger partial charge is 0.508 e. The minimum absolute atomic E-state index is 0.177. The van der Waals surface area contributed by atoms with E-state index >= 15 is 0 Å². The van der Waals surface area contributed by atoms with Crippen LogP contribution in [-0.4, -0.2) is 15.6 Å². The summed E-state index contributed by atoms with van der Waals surface area (Å²) >= 11 is 0. The van der Waals surface area contributed by atoms with Gasteiger partial charge < -0.3 is 15.4 Å². The first kappa shape index (κ1) is 17.9. The van der Waals surface area contributed by atoms with Crippen LogP contribution in [0.4, 0.5) is 0 Å². The number of amides is 1. The Morgan fingerprint density at radius 1 is 1.38 bits per heavy atom. The number of aromatic hydroxyl groups is 1. The van der Waals surface area contributed by atoms with Crippen molar-refractivity contribution < 1.29 is 9.90 Å². The molecule has 0 saturated carbocycles. The fraction of sp³-hybridized carbons (Fsp3) is 0.350. The molecule has 2 rings (SSSR count). The molecule has 0 aliphatic rings. The van der Waals surface area contributed by atoms with Crippen molar-refractivity contribution in [3.05, 3.63) is 53.9 Å². The van der Waals surface area contributed by atoms with Gasteiger partial charge in [0.25, 0.3) is 5.91 Å². The Labute approximate surface area is 143 Å². The van der Waals surface area contributed by atoms with E-state index < -0.39 is 5.91 Å². The second-order valence-electron chi connectivity index (χ2n) is 6.05. The lowest BCUT2D eigenvalue weighted by atomic mass is 9.97. The molecule has 1 aromatic heterocycles. The molecule has 24 heavy (non-hydrogen) atoms. The number of rotatable bonds is 8. The van der Waals surface area contributed by atoms with Crippen molar-refractivity contribution in [2.75, 3.05) is 0 Å². The molecular formula is C20H26N2O2. The first-order valence-corrected chi connectivity index (χ1v) is 8.43. The monoisotopic (exact) mass is 326 g/mol. The fourth-order valence-electron chi connectivity index (χ4n) is 3.25. The Balaban J connectivity index is 2.69. The van der Waals surface area contributed by atoms with Crippen molar-refractivity contribution in [1.29, 1.82) is 0 Å². The number of aromatic nitrogens is 1. The number of phenols is 1. The normalized spacial score (nSPS) is 10.8. The van der Waals surface area contributed by atoms with Crippen LogP contribution in [-0.2, 0) is 13.0 Å². The highest BCUT2D eigenvalue weighted by atomic mass is 16.3. The van der Waals surface area contributed by atoms with Crippen molar-refractivity contribution in [1.82, 2.24) is 4.57 Å². The summed E-state index contributed by atoms with van der Waals surface area (Å²) in [5.74, 6) is -0.262. The average Bonchev–Trinajstić information content (AvgIpc) is 2.81. The van der Waals surface area contributed by atoms with Gasteiger partial charge in [-0.15, -0.1) is 6.58 Å². The van der Waals surface area contributed by atoms with Gasteiger partial charge in [0.2, 0.25) is 0 Å². The Morgan fingerprint density at radius 3 is 2.71 bits per heavy atom. The van der Waals surface area contributed by atoms with E-state index in [2.05, 4.69) is 18.1 Å². The van der Waals surface area contributed by atoms with Crippen molar-refractivity contribution >= 4 is 5.91 Å². The topological polar surface area (TPSA) is 68.2 Å². The Kier molecular flexibility index (Phi) is 5.85. The zero-order valence-corrected chi connectivity index (χ0v) is 14.5. The summed E-state index contributed by atoms with van der Waals surface area (Å²) in [5, 5.41) is 9.85. The van der Waals surface area contributed by atoms with Crippen LogP contribution in [0.15, 0.2) is 36.9 Å². The average molecular weight is 326 g/mol. The number of phenolic OH excluding ortho intramolecular Hbond substituents is 1. The molecule has 0 fully saturated rings. The number of nitrogens with zero attached hydrogens (tertiary/aromatic N) is 1. The van der Waals surface area contributed by atoms with Crippen LogP contribution in [0.3, 0.4) is 0 Å². The number of nitrogens with two attached hydrogens (primary N) is 1. The van der Waals surface area contributed by atoms with E-state index in [0.717, 1.165) is 48.2 Å². The SMILES string of the molecule is C=CCn1c(C)c(C(N)=O)c(-c2cccc(O)c2)c1CCCCC. The lowest BCUT2D eigenvalue weighted by molar-refractivity contribution is 0.1000. The van der Waals surface area contributed by atoms with Gasteiger partial charge in [-0.25, -0.2) is 0 Å². The molecule has 0 aliphatic carbocycles. The predicted octanol–water partition coefficient (Wildman–Crippen LogP) is 4.19. The van der Waals surface area contributed by atoms with Gasteiger partial charge in [-0.3, -0.25) is 4.79 Å². The lowest BCUT2D eigenvalue weighted by Crippen LogP contribution is -2.13. The maximum Gasteiger partial charge on any atom is 0.251 e. The Morgan fingerprint density at radius 2 is 2.12 bits per heavy atom. The van der Waals surface area contributed by atoms with E-state index in [4.69, 9.17) is 5.73 Å². The maximum absolute atomic E-state index is 12.1. The number of hydrogen-bond acceptors (Lipinski definition) is 2. The standard InChI is InChI=1S/C20H26N2O2/c1-4-6-7-11-17-19(15-9-8-10-16(23)13-15)18(20(21)24)14(3)22(17)12-5-2/h5,8-10,13,23H,2,4,6-7,11-12H2,1,3H3,(H2,21,24). The Bertz CT molecular complexity index is 744. The molecule has 128 valence electrons. The molecular weight excluding hydrogens is 300 g/mol. The van der Waals surface area contributed by atoms with Crippen LogP contribution in [0.2, 0.25) is 0 Å². The minimum atomic E-state index is -0.439. The Hall–Kier alpha value is -2.49. The van der Waals surface area contributed by atoms with Crippen molar-refractivity contribution in [3.8, 4) is 16.9 Å². The van der Waals surface area contributed by atoms with E-state index in [1.165, 1.54) is 0 Å². The van der Waals surface area contributed by atoms with Gasteiger partial charge in [-0.1, -0.05) is 38.0 Å². The van der Waals surface area contributed by atoms with Gasteiger partial charge in [-0.05, 0) is 37.5 Å². The highest BCUT2D eigenvalue weighted by Crippen LogP contribution is 2.35. The van der Waals surface area contributed by atoms with Gasteiger partial charge in [0, 0.05) is 23.5 Å². The van der Waals surface area contributed by atoms with Crippen LogP contribution in [0.25, 0.3) is 11.1 Å². The fourth-order valence-corrected chi connectivity index (χ4v) is 3.25. The van der Waals surface area contributed by atoms with E-state index in [1.54, 1.807) is 18.2 Å². The predicted molar refractivity (Wildman–Crippen MR) is 98.2 cm³/mol. The molecule has 0 radical (unpaired) electrons. The summed E-state index contributed by atoms with van der Waals surface area (Å²) in [5.41, 5.74) is 9.82. The van der Waals surface area contributed by atoms with Gasteiger partial charge in [0.1, 0.15) is 5.75 Å². The quantitative estimate of drug-likeness (QED) is 0.564. The zero-order valence-electron chi connectivity index (χ0n) is 14.5. The van der Waals surface area contributed by atoms with Gasteiger partial charge in [-0.2, -0.15) is 0 Å². The first-order chi connectivity index (χ1) is 11.5. The summed E-state index contributed by atoms with van der Waals surface area (Å²) in [6, 6.07) is 6.99. The molecule has 4 heteroatoms. The molecule has 3 N–H and O–H groups in total. The molecule has 0 bridgehead atoms. The lowest BCUT2D eigenvalue weighted by Gasteiger charge is -2.11. The molecule has 0 aliphatic heterocycles. The molecule has 0 unspecified atom stereocenters. The van der Waals surface area contributed by atoms with Crippen molar-refractivity contribution in [2.45, 2.75) is 46.1 Å². The summed E-state index contributed by atoms with van der Waals surface area (Å²) in [4.78, 5) is 12.1. The van der Waals surface area contributed by atoms with E-state index in [0.29, 0.717) is 12.1 Å².